The molecular formula is C17H16ClNO4. The number of carbonyl (C=O) groups excluding carboxylic acids is 2. The van der Waals surface area contributed by atoms with Gasteiger partial charge in [0.2, 0.25) is 0 Å². The highest BCUT2D eigenvalue weighted by Crippen LogP contribution is 2.15. The first-order valence-corrected chi connectivity index (χ1v) is 7.36. The summed E-state index contributed by atoms with van der Waals surface area (Å²) in [6, 6.07) is 15.6. The molecule has 120 valence electrons. The number of anilines is 1. The summed E-state index contributed by atoms with van der Waals surface area (Å²) < 4.78 is 10.3. The van der Waals surface area contributed by atoms with E-state index in [1.807, 2.05) is 6.07 Å². The van der Waals surface area contributed by atoms with Crippen molar-refractivity contribution in [1.82, 2.24) is 0 Å². The second-order valence-corrected chi connectivity index (χ2v) is 5.17. The molecule has 0 spiro atoms. The molecule has 1 amide bonds. The molecule has 2 aromatic carbocycles. The van der Waals surface area contributed by atoms with Crippen LogP contribution in [0.3, 0.4) is 0 Å². The summed E-state index contributed by atoms with van der Waals surface area (Å²) in [5.74, 6) is -0.511. The first-order valence-electron chi connectivity index (χ1n) is 6.98. The summed E-state index contributed by atoms with van der Waals surface area (Å²) in [5.41, 5.74) is 0.533. The normalized spacial score (nSPS) is 11.4. The van der Waals surface area contributed by atoms with Gasteiger partial charge in [0.25, 0.3) is 5.91 Å². The highest BCUT2D eigenvalue weighted by atomic mass is 35.5. The quantitative estimate of drug-likeness (QED) is 0.824. The third kappa shape index (κ3) is 5.64. The Bertz CT molecular complexity index is 675. The van der Waals surface area contributed by atoms with Crippen LogP contribution in [-0.2, 0) is 14.3 Å². The molecule has 0 aliphatic rings. The van der Waals surface area contributed by atoms with Gasteiger partial charge in [-0.15, -0.1) is 0 Å². The third-order valence-corrected chi connectivity index (χ3v) is 3.10. The maximum atomic E-state index is 12.0. The number of halogens is 1. The molecule has 0 radical (unpaired) electrons. The molecule has 1 atom stereocenters. The van der Waals surface area contributed by atoms with Crippen LogP contribution in [0.15, 0.2) is 54.6 Å². The summed E-state index contributed by atoms with van der Waals surface area (Å²) in [7, 11) is 0. The third-order valence-electron chi connectivity index (χ3n) is 2.87. The predicted octanol–water partition coefficient (Wildman–Crippen LogP) is 3.29. The molecular weight excluding hydrogens is 318 g/mol. The van der Waals surface area contributed by atoms with E-state index in [1.54, 1.807) is 48.5 Å². The molecule has 0 aliphatic carbocycles. The first kappa shape index (κ1) is 16.8. The standard InChI is InChI=1S/C17H16ClNO4/c1-12(17(21)19-14-7-5-6-13(18)10-14)23-16(20)11-22-15-8-3-2-4-9-15/h2-10,12H,11H2,1H3,(H,19,21)/t12-/m1/s1. The Morgan fingerprint density at radius 1 is 1.13 bits per heavy atom. The van der Waals surface area contributed by atoms with Gasteiger partial charge in [0.05, 0.1) is 0 Å². The van der Waals surface area contributed by atoms with Gasteiger partial charge in [-0.3, -0.25) is 4.79 Å². The van der Waals surface area contributed by atoms with E-state index < -0.39 is 18.0 Å². The topological polar surface area (TPSA) is 64.6 Å². The van der Waals surface area contributed by atoms with Crippen molar-refractivity contribution in [3.8, 4) is 5.75 Å². The molecule has 0 heterocycles. The summed E-state index contributed by atoms with van der Waals surface area (Å²) in [6.45, 7) is 1.22. The Morgan fingerprint density at radius 3 is 2.57 bits per heavy atom. The van der Waals surface area contributed by atoms with Crippen LogP contribution >= 0.6 is 11.6 Å². The molecule has 0 aromatic heterocycles. The molecule has 6 heteroatoms. The van der Waals surface area contributed by atoms with Gasteiger partial charge in [0.1, 0.15) is 5.75 Å². The van der Waals surface area contributed by atoms with Crippen LogP contribution in [-0.4, -0.2) is 24.6 Å². The SMILES string of the molecule is C[C@@H](OC(=O)COc1ccccc1)C(=O)Nc1cccc(Cl)c1. The van der Waals surface area contributed by atoms with E-state index in [-0.39, 0.29) is 6.61 Å². The fraction of sp³-hybridized carbons (Fsp3) is 0.176. The average molecular weight is 334 g/mol. The minimum Gasteiger partial charge on any atom is -0.482 e. The lowest BCUT2D eigenvalue weighted by Gasteiger charge is -2.14. The van der Waals surface area contributed by atoms with Crippen LogP contribution in [0.1, 0.15) is 6.92 Å². The smallest absolute Gasteiger partial charge is 0.344 e. The Labute approximate surface area is 139 Å². The number of esters is 1. The molecule has 0 unspecified atom stereocenters. The van der Waals surface area contributed by atoms with Gasteiger partial charge in [-0.05, 0) is 37.3 Å². The van der Waals surface area contributed by atoms with Crippen LogP contribution in [0, 0.1) is 0 Å². The van der Waals surface area contributed by atoms with Gasteiger partial charge in [-0.25, -0.2) is 4.79 Å². The molecule has 2 aromatic rings. The first-order chi connectivity index (χ1) is 11.0. The van der Waals surface area contributed by atoms with Crippen molar-refractivity contribution in [3.05, 3.63) is 59.6 Å². The Morgan fingerprint density at radius 2 is 1.87 bits per heavy atom. The number of hydrogen-bond acceptors (Lipinski definition) is 4. The molecule has 1 N–H and O–H groups in total. The lowest BCUT2D eigenvalue weighted by atomic mass is 10.3. The minimum absolute atomic E-state index is 0.265. The lowest BCUT2D eigenvalue weighted by Crippen LogP contribution is -2.31. The van der Waals surface area contributed by atoms with Crippen LogP contribution in [0.2, 0.25) is 5.02 Å². The number of carbonyl (C=O) groups is 2. The summed E-state index contributed by atoms with van der Waals surface area (Å²) in [5, 5.41) is 3.12. The number of rotatable bonds is 6. The second kappa shape index (κ2) is 8.19. The summed E-state index contributed by atoms with van der Waals surface area (Å²) >= 11 is 5.84. The molecule has 0 bridgehead atoms. The van der Waals surface area contributed by atoms with E-state index in [1.165, 1.54) is 6.92 Å². The van der Waals surface area contributed by atoms with Crippen LogP contribution in [0.4, 0.5) is 5.69 Å². The lowest BCUT2D eigenvalue weighted by molar-refractivity contribution is -0.155. The Hall–Kier alpha value is -2.53. The van der Waals surface area contributed by atoms with E-state index in [4.69, 9.17) is 21.1 Å². The molecule has 0 saturated carbocycles. The molecule has 0 aliphatic heterocycles. The van der Waals surface area contributed by atoms with Gasteiger partial charge in [-0.2, -0.15) is 0 Å². The zero-order chi connectivity index (χ0) is 16.7. The van der Waals surface area contributed by atoms with Crippen LogP contribution in [0.5, 0.6) is 5.75 Å². The van der Waals surface area contributed by atoms with E-state index in [9.17, 15) is 9.59 Å². The summed E-state index contributed by atoms with van der Waals surface area (Å²) in [4.78, 5) is 23.7. The van der Waals surface area contributed by atoms with Crippen molar-refractivity contribution >= 4 is 29.2 Å². The fourth-order valence-electron chi connectivity index (χ4n) is 1.75. The number of hydrogen-bond donors (Lipinski definition) is 1. The molecule has 0 fully saturated rings. The molecule has 0 saturated heterocycles. The number of para-hydroxylation sites is 1. The number of benzene rings is 2. The van der Waals surface area contributed by atoms with Crippen molar-refractivity contribution in [3.63, 3.8) is 0 Å². The molecule has 5 nitrogen and oxygen atoms in total. The number of ether oxygens (including phenoxy) is 2. The fourth-order valence-corrected chi connectivity index (χ4v) is 1.94. The highest BCUT2D eigenvalue weighted by Gasteiger charge is 2.18. The van der Waals surface area contributed by atoms with Gasteiger partial charge in [-0.1, -0.05) is 35.9 Å². The highest BCUT2D eigenvalue weighted by molar-refractivity contribution is 6.30. The summed E-state index contributed by atoms with van der Waals surface area (Å²) in [6.07, 6.45) is -0.944. The Kier molecular flexibility index (Phi) is 6.00. The second-order valence-electron chi connectivity index (χ2n) is 4.73. The van der Waals surface area contributed by atoms with Crippen molar-refractivity contribution in [2.45, 2.75) is 13.0 Å². The van der Waals surface area contributed by atoms with E-state index in [2.05, 4.69) is 5.32 Å². The van der Waals surface area contributed by atoms with Crippen molar-refractivity contribution in [2.75, 3.05) is 11.9 Å². The van der Waals surface area contributed by atoms with Gasteiger partial charge in [0, 0.05) is 10.7 Å². The van der Waals surface area contributed by atoms with Gasteiger partial charge in [0.15, 0.2) is 12.7 Å². The van der Waals surface area contributed by atoms with Crippen LogP contribution < -0.4 is 10.1 Å². The van der Waals surface area contributed by atoms with E-state index >= 15 is 0 Å². The molecule has 2 rings (SSSR count). The molecule has 23 heavy (non-hydrogen) atoms. The predicted molar refractivity (Wildman–Crippen MR) is 87.6 cm³/mol. The van der Waals surface area contributed by atoms with Crippen molar-refractivity contribution in [1.29, 1.82) is 0 Å². The maximum Gasteiger partial charge on any atom is 0.344 e. The largest absolute Gasteiger partial charge is 0.482 e. The minimum atomic E-state index is -0.944. The average Bonchev–Trinajstić information content (AvgIpc) is 2.54. The van der Waals surface area contributed by atoms with Gasteiger partial charge >= 0.3 is 5.97 Å². The van der Waals surface area contributed by atoms with Gasteiger partial charge < -0.3 is 14.8 Å². The Balaban J connectivity index is 1.79. The number of amides is 1. The van der Waals surface area contributed by atoms with E-state index in [0.29, 0.717) is 16.5 Å². The van der Waals surface area contributed by atoms with Crippen molar-refractivity contribution in [2.24, 2.45) is 0 Å². The maximum absolute atomic E-state index is 12.0. The monoisotopic (exact) mass is 333 g/mol. The zero-order valence-electron chi connectivity index (χ0n) is 12.5. The number of nitrogens with one attached hydrogen (secondary N) is 1. The zero-order valence-corrected chi connectivity index (χ0v) is 13.2. The van der Waals surface area contributed by atoms with Crippen LogP contribution in [0.25, 0.3) is 0 Å². The van der Waals surface area contributed by atoms with Crippen molar-refractivity contribution < 1.29 is 19.1 Å². The van der Waals surface area contributed by atoms with E-state index in [0.717, 1.165) is 0 Å².